The predicted molar refractivity (Wildman–Crippen MR) is 138 cm³/mol. The number of benzene rings is 3. The Labute approximate surface area is 219 Å². The zero-order chi connectivity index (χ0) is 27.0. The SMILES string of the molecule is CCS(=O)(=O)c1ccc([C@H](CO)NC(=O)c2ccc(N3CCc4cc(Cl)ccc4S3(=O)=O)c(F)c2)cc1. The summed E-state index contributed by atoms with van der Waals surface area (Å²) in [6.07, 6.45) is 0.341. The molecule has 1 heterocycles. The maximum Gasteiger partial charge on any atom is 0.264 e. The minimum Gasteiger partial charge on any atom is -0.394 e. The highest BCUT2D eigenvalue weighted by atomic mass is 35.5. The zero-order valence-electron chi connectivity index (χ0n) is 19.7. The van der Waals surface area contributed by atoms with Gasteiger partial charge in [0.05, 0.1) is 33.9 Å². The summed E-state index contributed by atoms with van der Waals surface area (Å²) in [4.78, 5) is 13.0. The Balaban J connectivity index is 1.54. The minimum absolute atomic E-state index is 0.00840. The molecule has 196 valence electrons. The number of carbonyl (C=O) groups excluding carboxylic acids is 1. The Morgan fingerprint density at radius 2 is 1.84 bits per heavy atom. The molecule has 1 aliphatic rings. The van der Waals surface area contributed by atoms with Crippen LogP contribution in [0.15, 0.2) is 70.5 Å². The molecule has 0 radical (unpaired) electrons. The van der Waals surface area contributed by atoms with E-state index >= 15 is 4.39 Å². The van der Waals surface area contributed by atoms with Crippen LogP contribution in [0.2, 0.25) is 5.02 Å². The van der Waals surface area contributed by atoms with Gasteiger partial charge in [0.1, 0.15) is 5.82 Å². The number of carbonyl (C=O) groups is 1. The number of amides is 1. The third-order valence-electron chi connectivity index (χ3n) is 6.16. The van der Waals surface area contributed by atoms with Gasteiger partial charge in [-0.2, -0.15) is 0 Å². The molecule has 1 amide bonds. The van der Waals surface area contributed by atoms with E-state index in [9.17, 15) is 26.7 Å². The largest absolute Gasteiger partial charge is 0.394 e. The number of halogens is 2. The Bertz CT molecular complexity index is 1560. The molecule has 0 aliphatic carbocycles. The van der Waals surface area contributed by atoms with E-state index < -0.39 is 44.2 Å². The van der Waals surface area contributed by atoms with Crippen LogP contribution in [-0.2, 0) is 26.3 Å². The maximum absolute atomic E-state index is 15.1. The second-order valence-electron chi connectivity index (χ2n) is 8.43. The van der Waals surface area contributed by atoms with Gasteiger partial charge in [-0.05, 0) is 66.1 Å². The fraction of sp³-hybridized carbons (Fsp3) is 0.240. The van der Waals surface area contributed by atoms with Gasteiger partial charge < -0.3 is 10.4 Å². The van der Waals surface area contributed by atoms with E-state index in [1.165, 1.54) is 55.5 Å². The maximum atomic E-state index is 15.1. The summed E-state index contributed by atoms with van der Waals surface area (Å²) < 4.78 is 66.3. The third-order valence-corrected chi connectivity index (χ3v) is 10.1. The second-order valence-corrected chi connectivity index (χ2v) is 13.0. The molecule has 0 unspecified atom stereocenters. The molecule has 0 saturated carbocycles. The third kappa shape index (κ3) is 5.35. The monoisotopic (exact) mass is 566 g/mol. The number of nitrogens with one attached hydrogen (secondary N) is 1. The fourth-order valence-corrected chi connectivity index (χ4v) is 6.89. The molecule has 8 nitrogen and oxygen atoms in total. The summed E-state index contributed by atoms with van der Waals surface area (Å²) in [6, 6.07) is 12.8. The van der Waals surface area contributed by atoms with Gasteiger partial charge in [-0.25, -0.2) is 21.2 Å². The van der Waals surface area contributed by atoms with Gasteiger partial charge in [0.25, 0.3) is 15.9 Å². The fourth-order valence-electron chi connectivity index (χ4n) is 4.11. The lowest BCUT2D eigenvalue weighted by molar-refractivity contribution is 0.0915. The van der Waals surface area contributed by atoms with Gasteiger partial charge in [-0.3, -0.25) is 9.10 Å². The zero-order valence-corrected chi connectivity index (χ0v) is 22.1. The first-order valence-corrected chi connectivity index (χ1v) is 14.8. The van der Waals surface area contributed by atoms with Crippen LogP contribution >= 0.6 is 11.6 Å². The Morgan fingerprint density at radius 3 is 2.46 bits per heavy atom. The number of sulfone groups is 1. The Morgan fingerprint density at radius 1 is 1.14 bits per heavy atom. The topological polar surface area (TPSA) is 121 Å². The molecule has 4 rings (SSSR count). The molecular weight excluding hydrogens is 543 g/mol. The summed E-state index contributed by atoms with van der Waals surface area (Å²) in [6.45, 7) is 1.05. The molecule has 1 aliphatic heterocycles. The van der Waals surface area contributed by atoms with Crippen molar-refractivity contribution in [2.45, 2.75) is 29.2 Å². The predicted octanol–water partition coefficient (Wildman–Crippen LogP) is 3.49. The molecule has 0 saturated heterocycles. The van der Waals surface area contributed by atoms with E-state index in [0.717, 1.165) is 10.4 Å². The van der Waals surface area contributed by atoms with Gasteiger partial charge in [-0.15, -0.1) is 0 Å². The first-order valence-electron chi connectivity index (χ1n) is 11.3. The quantitative estimate of drug-likeness (QED) is 0.452. The summed E-state index contributed by atoms with van der Waals surface area (Å²) >= 11 is 5.97. The molecule has 0 bridgehead atoms. The van der Waals surface area contributed by atoms with Gasteiger partial charge in [0.15, 0.2) is 9.84 Å². The van der Waals surface area contributed by atoms with Gasteiger partial charge in [-0.1, -0.05) is 30.7 Å². The first kappa shape index (κ1) is 27.1. The first-order chi connectivity index (χ1) is 17.5. The molecular formula is C25H24ClFN2O6S2. The molecule has 3 aromatic carbocycles. The second kappa shape index (κ2) is 10.4. The van der Waals surface area contributed by atoms with Crippen LogP contribution in [0.5, 0.6) is 0 Å². The molecule has 12 heteroatoms. The molecule has 37 heavy (non-hydrogen) atoms. The summed E-state index contributed by atoms with van der Waals surface area (Å²) in [5, 5.41) is 12.8. The molecule has 2 N–H and O–H groups in total. The number of sulfonamides is 1. The van der Waals surface area contributed by atoms with E-state index in [4.69, 9.17) is 11.6 Å². The van der Waals surface area contributed by atoms with Crippen LogP contribution in [-0.4, -0.2) is 46.8 Å². The highest BCUT2D eigenvalue weighted by Gasteiger charge is 2.33. The van der Waals surface area contributed by atoms with Crippen molar-refractivity contribution in [1.82, 2.24) is 5.32 Å². The van der Waals surface area contributed by atoms with Crippen molar-refractivity contribution in [2.24, 2.45) is 0 Å². The van der Waals surface area contributed by atoms with Gasteiger partial charge in [0.2, 0.25) is 0 Å². The smallest absolute Gasteiger partial charge is 0.264 e. The van der Waals surface area contributed by atoms with E-state index in [1.807, 2.05) is 0 Å². The number of aliphatic hydroxyl groups excluding tert-OH is 1. The lowest BCUT2D eigenvalue weighted by atomic mass is 10.1. The van der Waals surface area contributed by atoms with Crippen LogP contribution in [0, 0.1) is 5.82 Å². The molecule has 0 spiro atoms. The van der Waals surface area contributed by atoms with Crippen molar-refractivity contribution in [1.29, 1.82) is 0 Å². The van der Waals surface area contributed by atoms with Crippen LogP contribution in [0.4, 0.5) is 10.1 Å². The van der Waals surface area contributed by atoms with Crippen LogP contribution < -0.4 is 9.62 Å². The number of aliphatic hydroxyl groups is 1. The summed E-state index contributed by atoms with van der Waals surface area (Å²) in [7, 11) is -7.43. The van der Waals surface area contributed by atoms with Crippen molar-refractivity contribution < 1.29 is 31.1 Å². The van der Waals surface area contributed by atoms with Crippen molar-refractivity contribution in [3.8, 4) is 0 Å². The Kier molecular flexibility index (Phi) is 7.61. The lowest BCUT2D eigenvalue weighted by Crippen LogP contribution is -2.38. The lowest BCUT2D eigenvalue weighted by Gasteiger charge is -2.30. The number of rotatable bonds is 7. The number of nitrogens with zero attached hydrogens (tertiary/aromatic N) is 1. The van der Waals surface area contributed by atoms with Gasteiger partial charge in [0, 0.05) is 17.1 Å². The van der Waals surface area contributed by atoms with Crippen molar-refractivity contribution >= 4 is 43.1 Å². The van der Waals surface area contributed by atoms with Crippen molar-refractivity contribution in [3.63, 3.8) is 0 Å². The summed E-state index contributed by atoms with van der Waals surface area (Å²) in [5.41, 5.74) is 0.742. The van der Waals surface area contributed by atoms with Crippen molar-refractivity contribution in [2.75, 3.05) is 23.2 Å². The minimum atomic E-state index is -4.03. The van der Waals surface area contributed by atoms with Crippen molar-refractivity contribution in [3.05, 3.63) is 88.2 Å². The van der Waals surface area contributed by atoms with Gasteiger partial charge >= 0.3 is 0 Å². The van der Waals surface area contributed by atoms with E-state index in [0.29, 0.717) is 22.6 Å². The number of anilines is 1. The van der Waals surface area contributed by atoms with E-state index in [2.05, 4.69) is 5.32 Å². The van der Waals surface area contributed by atoms with E-state index in [-0.39, 0.29) is 33.3 Å². The highest BCUT2D eigenvalue weighted by Crippen LogP contribution is 2.34. The molecule has 3 aromatic rings. The standard InChI is InChI=1S/C25H24ClFN2O6S2/c1-2-36(32,33)20-7-3-16(4-8-20)22(15-30)28-25(31)18-5-9-23(21(27)14-18)29-12-11-17-13-19(26)6-10-24(17)37(29,34)35/h3-10,13-14,22,30H,2,11-12,15H2,1H3,(H,28,31)/t22-/m0/s1. The Hall–Kier alpha value is -2.99. The number of fused-ring (bicyclic) bond motifs is 1. The van der Waals surface area contributed by atoms with Crippen LogP contribution in [0.25, 0.3) is 0 Å². The average Bonchev–Trinajstić information content (AvgIpc) is 2.87. The highest BCUT2D eigenvalue weighted by molar-refractivity contribution is 7.93. The van der Waals surface area contributed by atoms with E-state index in [1.54, 1.807) is 6.07 Å². The van der Waals surface area contributed by atoms with Crippen LogP contribution in [0.1, 0.15) is 34.5 Å². The number of hydrogen-bond acceptors (Lipinski definition) is 6. The molecule has 0 fully saturated rings. The molecule has 1 atom stereocenters. The molecule has 0 aromatic heterocycles. The summed E-state index contributed by atoms with van der Waals surface area (Å²) in [5.74, 6) is -1.66. The normalized spacial score (nSPS) is 15.6. The number of hydrogen-bond donors (Lipinski definition) is 2. The average molecular weight is 567 g/mol. The van der Waals surface area contributed by atoms with Crippen LogP contribution in [0.3, 0.4) is 0 Å².